The van der Waals surface area contributed by atoms with Crippen LogP contribution in [0.4, 0.5) is 4.39 Å². The van der Waals surface area contributed by atoms with E-state index >= 15 is 0 Å². The number of halogens is 1. The summed E-state index contributed by atoms with van der Waals surface area (Å²) < 4.78 is 13.7. The van der Waals surface area contributed by atoms with Crippen molar-refractivity contribution in [3.63, 3.8) is 0 Å². The Morgan fingerprint density at radius 1 is 0.955 bits per heavy atom. The van der Waals surface area contributed by atoms with Gasteiger partial charge in [-0.1, -0.05) is 30.4 Å². The number of piperazine rings is 1. The summed E-state index contributed by atoms with van der Waals surface area (Å²) in [5.74, 6) is 2.53. The molecule has 0 aromatic heterocycles. The van der Waals surface area contributed by atoms with Crippen LogP contribution in [0.1, 0.15) is 18.4 Å². The number of hydrogen-bond donors (Lipinski definition) is 0. The third-order valence-electron chi connectivity index (χ3n) is 5.73. The maximum absolute atomic E-state index is 13.7. The highest BCUT2D eigenvalue weighted by molar-refractivity contribution is 5.17. The molecule has 3 heteroatoms. The van der Waals surface area contributed by atoms with Crippen molar-refractivity contribution >= 4 is 0 Å². The normalized spacial score (nSPS) is 32.0. The highest BCUT2D eigenvalue weighted by atomic mass is 19.1. The lowest BCUT2D eigenvalue weighted by Gasteiger charge is -2.37. The average Bonchev–Trinajstić information content (AvgIpc) is 3.14. The first-order chi connectivity index (χ1) is 10.8. The molecule has 3 aliphatic rings. The van der Waals surface area contributed by atoms with E-state index in [1.807, 2.05) is 12.1 Å². The van der Waals surface area contributed by atoms with Crippen LogP contribution in [-0.4, -0.2) is 42.5 Å². The van der Waals surface area contributed by atoms with Crippen LogP contribution in [0, 0.1) is 23.6 Å². The van der Waals surface area contributed by atoms with E-state index in [4.69, 9.17) is 0 Å². The van der Waals surface area contributed by atoms with E-state index in [1.165, 1.54) is 19.4 Å². The minimum atomic E-state index is -0.0707. The predicted octanol–water partition coefficient (Wildman–Crippen LogP) is 3.16. The van der Waals surface area contributed by atoms with Gasteiger partial charge in [-0.25, -0.2) is 4.39 Å². The largest absolute Gasteiger partial charge is 0.300 e. The monoisotopic (exact) mass is 300 g/mol. The van der Waals surface area contributed by atoms with Gasteiger partial charge < -0.3 is 4.90 Å². The van der Waals surface area contributed by atoms with Crippen molar-refractivity contribution < 1.29 is 4.39 Å². The molecule has 3 atom stereocenters. The summed E-state index contributed by atoms with van der Waals surface area (Å²) in [5, 5.41) is 0. The Labute approximate surface area is 132 Å². The van der Waals surface area contributed by atoms with E-state index < -0.39 is 0 Å². The number of hydrogen-bond acceptors (Lipinski definition) is 2. The molecule has 0 spiro atoms. The lowest BCUT2D eigenvalue weighted by Crippen LogP contribution is -2.47. The van der Waals surface area contributed by atoms with Crippen LogP contribution in [0.2, 0.25) is 0 Å². The summed E-state index contributed by atoms with van der Waals surface area (Å²) in [5.41, 5.74) is 0.828. The second-order valence-electron chi connectivity index (χ2n) is 7.21. The van der Waals surface area contributed by atoms with Crippen LogP contribution < -0.4 is 0 Å². The first-order valence-electron chi connectivity index (χ1n) is 8.64. The first kappa shape index (κ1) is 14.4. The van der Waals surface area contributed by atoms with Gasteiger partial charge in [-0.3, -0.25) is 4.90 Å². The van der Waals surface area contributed by atoms with Crippen molar-refractivity contribution in [3.05, 3.63) is 47.8 Å². The SMILES string of the molecule is Fc1ccccc1CN1CCN(C[C@@H]2C[C@H]3C=C[C@H]2C3)CC1. The molecule has 2 fully saturated rings. The van der Waals surface area contributed by atoms with Crippen LogP contribution in [0.15, 0.2) is 36.4 Å². The summed E-state index contributed by atoms with van der Waals surface area (Å²) in [6.45, 7) is 6.39. The topological polar surface area (TPSA) is 6.48 Å². The Morgan fingerprint density at radius 2 is 1.73 bits per heavy atom. The standard InChI is InChI=1S/C19H25FN2/c20-19-4-2-1-3-17(19)13-21-7-9-22(10-8-21)14-18-12-15-5-6-16(18)11-15/h1-6,15-16,18H,7-14H2/t15-,16-,18-/m0/s1. The molecule has 2 nitrogen and oxygen atoms in total. The molecule has 1 aromatic rings. The van der Waals surface area contributed by atoms with Crippen LogP contribution in [0.5, 0.6) is 0 Å². The molecule has 4 rings (SSSR count). The molecule has 118 valence electrons. The molecule has 1 saturated heterocycles. The summed E-state index contributed by atoms with van der Waals surface area (Å²) in [7, 11) is 0. The van der Waals surface area contributed by atoms with Crippen LogP contribution in [-0.2, 0) is 6.54 Å². The Kier molecular flexibility index (Phi) is 4.01. The summed E-state index contributed by atoms with van der Waals surface area (Å²) >= 11 is 0. The van der Waals surface area contributed by atoms with Gasteiger partial charge in [0.1, 0.15) is 5.82 Å². The minimum absolute atomic E-state index is 0.0707. The summed E-state index contributed by atoms with van der Waals surface area (Å²) in [6, 6.07) is 7.16. The summed E-state index contributed by atoms with van der Waals surface area (Å²) in [6.07, 6.45) is 7.68. The average molecular weight is 300 g/mol. The van der Waals surface area contributed by atoms with Crippen LogP contribution in [0.3, 0.4) is 0 Å². The smallest absolute Gasteiger partial charge is 0.127 e. The maximum Gasteiger partial charge on any atom is 0.127 e. The molecule has 0 N–H and O–H groups in total. The fourth-order valence-electron chi connectivity index (χ4n) is 4.43. The number of nitrogens with zero attached hydrogens (tertiary/aromatic N) is 2. The highest BCUT2D eigenvalue weighted by Gasteiger charge is 2.36. The third kappa shape index (κ3) is 2.97. The second kappa shape index (κ2) is 6.13. The predicted molar refractivity (Wildman–Crippen MR) is 87.0 cm³/mol. The molecule has 0 unspecified atom stereocenters. The van der Waals surface area contributed by atoms with E-state index in [1.54, 1.807) is 12.1 Å². The molecular formula is C19H25FN2. The van der Waals surface area contributed by atoms with Crippen molar-refractivity contribution in [3.8, 4) is 0 Å². The lowest BCUT2D eigenvalue weighted by atomic mass is 9.93. The van der Waals surface area contributed by atoms with Gasteiger partial charge in [0.05, 0.1) is 0 Å². The quantitative estimate of drug-likeness (QED) is 0.788. The zero-order valence-corrected chi connectivity index (χ0v) is 13.1. The Hall–Kier alpha value is -1.19. The van der Waals surface area contributed by atoms with Gasteiger partial charge in [0, 0.05) is 44.8 Å². The molecule has 0 radical (unpaired) electrons. The van der Waals surface area contributed by atoms with E-state index in [0.717, 1.165) is 56.0 Å². The molecule has 1 heterocycles. The Bertz CT molecular complexity index is 548. The van der Waals surface area contributed by atoms with Crippen LogP contribution >= 0.6 is 0 Å². The molecule has 1 saturated carbocycles. The fraction of sp³-hybridized carbons (Fsp3) is 0.579. The number of rotatable bonds is 4. The van der Waals surface area contributed by atoms with Gasteiger partial charge in [-0.2, -0.15) is 0 Å². The molecule has 1 aliphatic heterocycles. The molecule has 2 aliphatic carbocycles. The molecule has 1 aromatic carbocycles. The van der Waals surface area contributed by atoms with Crippen molar-refractivity contribution in [2.24, 2.45) is 17.8 Å². The van der Waals surface area contributed by atoms with Gasteiger partial charge in [0.15, 0.2) is 0 Å². The Balaban J connectivity index is 1.26. The molecule has 2 bridgehead atoms. The summed E-state index contributed by atoms with van der Waals surface area (Å²) in [4.78, 5) is 5.01. The van der Waals surface area contributed by atoms with Crippen molar-refractivity contribution in [1.82, 2.24) is 9.80 Å². The van der Waals surface area contributed by atoms with Crippen LogP contribution in [0.25, 0.3) is 0 Å². The van der Waals surface area contributed by atoms with Crippen molar-refractivity contribution in [1.29, 1.82) is 0 Å². The lowest BCUT2D eigenvalue weighted by molar-refractivity contribution is 0.108. The third-order valence-corrected chi connectivity index (χ3v) is 5.73. The van der Waals surface area contributed by atoms with E-state index in [9.17, 15) is 4.39 Å². The van der Waals surface area contributed by atoms with Gasteiger partial charge in [-0.15, -0.1) is 0 Å². The molecule has 0 amide bonds. The zero-order chi connectivity index (χ0) is 14.9. The maximum atomic E-state index is 13.7. The van der Waals surface area contributed by atoms with E-state index in [2.05, 4.69) is 22.0 Å². The van der Waals surface area contributed by atoms with Gasteiger partial charge >= 0.3 is 0 Å². The minimum Gasteiger partial charge on any atom is -0.300 e. The number of fused-ring (bicyclic) bond motifs is 2. The fourth-order valence-corrected chi connectivity index (χ4v) is 4.43. The van der Waals surface area contributed by atoms with Gasteiger partial charge in [0.25, 0.3) is 0 Å². The van der Waals surface area contributed by atoms with E-state index in [0.29, 0.717) is 0 Å². The number of benzene rings is 1. The molecule has 22 heavy (non-hydrogen) atoms. The van der Waals surface area contributed by atoms with Crippen molar-refractivity contribution in [2.75, 3.05) is 32.7 Å². The molecular weight excluding hydrogens is 275 g/mol. The Morgan fingerprint density at radius 3 is 2.41 bits per heavy atom. The van der Waals surface area contributed by atoms with E-state index in [-0.39, 0.29) is 5.82 Å². The van der Waals surface area contributed by atoms with Gasteiger partial charge in [0.2, 0.25) is 0 Å². The van der Waals surface area contributed by atoms with Crippen molar-refractivity contribution in [2.45, 2.75) is 19.4 Å². The second-order valence-corrected chi connectivity index (χ2v) is 7.21. The number of allylic oxidation sites excluding steroid dienone is 2. The highest BCUT2D eigenvalue weighted by Crippen LogP contribution is 2.43. The zero-order valence-electron chi connectivity index (χ0n) is 13.1. The van der Waals surface area contributed by atoms with Gasteiger partial charge in [-0.05, 0) is 36.7 Å². The first-order valence-corrected chi connectivity index (χ1v) is 8.64.